The van der Waals surface area contributed by atoms with Crippen LogP contribution in [-0.2, 0) is 7.05 Å². The maximum Gasteiger partial charge on any atom is 0.257 e. The van der Waals surface area contributed by atoms with E-state index in [0.29, 0.717) is 11.6 Å². The highest BCUT2D eigenvalue weighted by Crippen LogP contribution is 2.13. The molecule has 1 unspecified atom stereocenters. The number of amides is 1. The molecule has 1 aliphatic heterocycles. The van der Waals surface area contributed by atoms with Crippen molar-refractivity contribution in [3.05, 3.63) is 18.0 Å². The number of piperidine rings is 1. The molecule has 18 heavy (non-hydrogen) atoms. The van der Waals surface area contributed by atoms with E-state index in [1.165, 1.54) is 0 Å². The molecule has 0 saturated carbocycles. The summed E-state index contributed by atoms with van der Waals surface area (Å²) < 4.78 is 1.67. The Labute approximate surface area is 108 Å². The SMILES string of the molecule is CCCNC1CCCN(C(=O)c2cnn(C)c2)C1. The lowest BCUT2D eigenvalue weighted by Gasteiger charge is -2.33. The molecule has 1 atom stereocenters. The van der Waals surface area contributed by atoms with Gasteiger partial charge in [0.25, 0.3) is 5.91 Å². The van der Waals surface area contributed by atoms with Gasteiger partial charge in [-0.15, -0.1) is 0 Å². The van der Waals surface area contributed by atoms with Gasteiger partial charge in [-0.3, -0.25) is 9.48 Å². The van der Waals surface area contributed by atoms with E-state index < -0.39 is 0 Å². The number of aryl methyl sites for hydroxylation is 1. The number of hydrogen-bond acceptors (Lipinski definition) is 3. The van der Waals surface area contributed by atoms with Gasteiger partial charge in [-0.1, -0.05) is 6.92 Å². The van der Waals surface area contributed by atoms with E-state index in [-0.39, 0.29) is 5.91 Å². The fraction of sp³-hybridized carbons (Fsp3) is 0.692. The predicted molar refractivity (Wildman–Crippen MR) is 70.4 cm³/mol. The predicted octanol–water partition coefficient (Wildman–Crippen LogP) is 1.02. The molecule has 5 heteroatoms. The van der Waals surface area contributed by atoms with Gasteiger partial charge < -0.3 is 10.2 Å². The summed E-state index contributed by atoms with van der Waals surface area (Å²) in [5.74, 6) is 0.103. The highest BCUT2D eigenvalue weighted by Gasteiger charge is 2.24. The highest BCUT2D eigenvalue weighted by molar-refractivity contribution is 5.93. The third-order valence-electron chi connectivity index (χ3n) is 3.34. The van der Waals surface area contributed by atoms with Crippen LogP contribution >= 0.6 is 0 Å². The minimum atomic E-state index is 0.103. The van der Waals surface area contributed by atoms with Gasteiger partial charge in [-0.05, 0) is 25.8 Å². The van der Waals surface area contributed by atoms with Crippen molar-refractivity contribution >= 4 is 5.91 Å². The first-order valence-corrected chi connectivity index (χ1v) is 6.72. The van der Waals surface area contributed by atoms with E-state index in [2.05, 4.69) is 17.3 Å². The normalized spacial score (nSPS) is 20.1. The van der Waals surface area contributed by atoms with Crippen LogP contribution in [0.2, 0.25) is 0 Å². The first-order chi connectivity index (χ1) is 8.70. The maximum absolute atomic E-state index is 12.3. The fourth-order valence-corrected chi connectivity index (χ4v) is 2.39. The quantitative estimate of drug-likeness (QED) is 0.868. The maximum atomic E-state index is 12.3. The summed E-state index contributed by atoms with van der Waals surface area (Å²) in [7, 11) is 1.83. The van der Waals surface area contributed by atoms with Crippen LogP contribution in [0.1, 0.15) is 36.5 Å². The topological polar surface area (TPSA) is 50.2 Å². The second-order valence-corrected chi connectivity index (χ2v) is 4.95. The van der Waals surface area contributed by atoms with Crippen molar-refractivity contribution < 1.29 is 4.79 Å². The molecule has 1 fully saturated rings. The third kappa shape index (κ3) is 3.10. The van der Waals surface area contributed by atoms with E-state index >= 15 is 0 Å². The molecule has 2 heterocycles. The number of hydrogen-bond donors (Lipinski definition) is 1. The molecule has 0 bridgehead atoms. The molecular formula is C13H22N4O. The Kier molecular flexibility index (Phi) is 4.36. The molecule has 1 amide bonds. The van der Waals surface area contributed by atoms with Gasteiger partial charge in [-0.25, -0.2) is 0 Å². The fourth-order valence-electron chi connectivity index (χ4n) is 2.39. The summed E-state index contributed by atoms with van der Waals surface area (Å²) in [6.45, 7) is 4.86. The van der Waals surface area contributed by atoms with Crippen LogP contribution in [-0.4, -0.2) is 46.3 Å². The van der Waals surface area contributed by atoms with Crippen molar-refractivity contribution in [3.63, 3.8) is 0 Å². The van der Waals surface area contributed by atoms with Gasteiger partial charge in [0.05, 0.1) is 11.8 Å². The number of aromatic nitrogens is 2. The summed E-state index contributed by atoms with van der Waals surface area (Å²) in [6, 6.07) is 0.444. The van der Waals surface area contributed by atoms with E-state index in [1.807, 2.05) is 11.9 Å². The molecular weight excluding hydrogens is 228 g/mol. The molecule has 1 aliphatic rings. The van der Waals surface area contributed by atoms with Crippen molar-refractivity contribution in [2.24, 2.45) is 7.05 Å². The Balaban J connectivity index is 1.94. The van der Waals surface area contributed by atoms with E-state index in [0.717, 1.165) is 38.9 Å². The minimum absolute atomic E-state index is 0.103. The number of nitrogens with zero attached hydrogens (tertiary/aromatic N) is 3. The lowest BCUT2D eigenvalue weighted by Crippen LogP contribution is -2.48. The molecule has 5 nitrogen and oxygen atoms in total. The van der Waals surface area contributed by atoms with Gasteiger partial charge >= 0.3 is 0 Å². The lowest BCUT2D eigenvalue weighted by atomic mass is 10.0. The van der Waals surface area contributed by atoms with Gasteiger partial charge in [0.15, 0.2) is 0 Å². The molecule has 0 radical (unpaired) electrons. The van der Waals surface area contributed by atoms with E-state index in [1.54, 1.807) is 17.1 Å². The van der Waals surface area contributed by atoms with Crippen LogP contribution in [0.3, 0.4) is 0 Å². The van der Waals surface area contributed by atoms with Crippen LogP contribution in [0, 0.1) is 0 Å². The molecule has 1 aromatic rings. The largest absolute Gasteiger partial charge is 0.337 e. The first-order valence-electron chi connectivity index (χ1n) is 6.72. The Morgan fingerprint density at radius 2 is 2.44 bits per heavy atom. The Morgan fingerprint density at radius 3 is 3.11 bits per heavy atom. The monoisotopic (exact) mass is 250 g/mol. The van der Waals surface area contributed by atoms with Gasteiger partial charge in [0.1, 0.15) is 0 Å². The van der Waals surface area contributed by atoms with Crippen LogP contribution < -0.4 is 5.32 Å². The zero-order valence-corrected chi connectivity index (χ0v) is 11.2. The van der Waals surface area contributed by atoms with E-state index in [4.69, 9.17) is 0 Å². The molecule has 100 valence electrons. The second kappa shape index (κ2) is 6.00. The summed E-state index contributed by atoms with van der Waals surface area (Å²) in [4.78, 5) is 14.2. The van der Waals surface area contributed by atoms with Crippen LogP contribution in [0.5, 0.6) is 0 Å². The van der Waals surface area contributed by atoms with Crippen molar-refractivity contribution in [1.29, 1.82) is 0 Å². The summed E-state index contributed by atoms with van der Waals surface area (Å²) in [6.07, 6.45) is 6.80. The number of nitrogens with one attached hydrogen (secondary N) is 1. The second-order valence-electron chi connectivity index (χ2n) is 4.95. The first kappa shape index (κ1) is 13.1. The Morgan fingerprint density at radius 1 is 1.61 bits per heavy atom. The number of carbonyl (C=O) groups is 1. The average Bonchev–Trinajstić information content (AvgIpc) is 2.82. The zero-order valence-electron chi connectivity index (χ0n) is 11.2. The third-order valence-corrected chi connectivity index (χ3v) is 3.34. The summed E-state index contributed by atoms with van der Waals surface area (Å²) >= 11 is 0. The molecule has 0 aliphatic carbocycles. The van der Waals surface area contributed by atoms with Crippen molar-refractivity contribution in [2.75, 3.05) is 19.6 Å². The highest BCUT2D eigenvalue weighted by atomic mass is 16.2. The summed E-state index contributed by atoms with van der Waals surface area (Å²) in [5.41, 5.74) is 0.689. The van der Waals surface area contributed by atoms with Crippen molar-refractivity contribution in [3.8, 4) is 0 Å². The molecule has 1 aromatic heterocycles. The molecule has 2 rings (SSSR count). The number of carbonyl (C=O) groups excluding carboxylic acids is 1. The molecule has 1 saturated heterocycles. The Hall–Kier alpha value is -1.36. The van der Waals surface area contributed by atoms with Gasteiger partial charge in [0, 0.05) is 32.4 Å². The minimum Gasteiger partial charge on any atom is -0.337 e. The lowest BCUT2D eigenvalue weighted by molar-refractivity contribution is 0.0695. The number of likely N-dealkylation sites (tertiary alicyclic amines) is 1. The van der Waals surface area contributed by atoms with Crippen LogP contribution in [0.4, 0.5) is 0 Å². The van der Waals surface area contributed by atoms with E-state index in [9.17, 15) is 4.79 Å². The van der Waals surface area contributed by atoms with Crippen LogP contribution in [0.15, 0.2) is 12.4 Å². The number of rotatable bonds is 4. The van der Waals surface area contributed by atoms with Crippen LogP contribution in [0.25, 0.3) is 0 Å². The molecule has 0 aromatic carbocycles. The average molecular weight is 250 g/mol. The smallest absolute Gasteiger partial charge is 0.257 e. The zero-order chi connectivity index (χ0) is 13.0. The van der Waals surface area contributed by atoms with Gasteiger partial charge in [-0.2, -0.15) is 5.10 Å². The van der Waals surface area contributed by atoms with Crippen molar-refractivity contribution in [1.82, 2.24) is 20.0 Å². The van der Waals surface area contributed by atoms with Gasteiger partial charge in [0.2, 0.25) is 0 Å². The Bertz CT molecular complexity index is 401. The van der Waals surface area contributed by atoms with Crippen molar-refractivity contribution in [2.45, 2.75) is 32.2 Å². The molecule has 1 N–H and O–H groups in total. The molecule has 0 spiro atoms. The summed E-state index contributed by atoms with van der Waals surface area (Å²) in [5, 5.41) is 7.55. The standard InChI is InChI=1S/C13H22N4O/c1-3-6-14-12-5-4-7-17(10-12)13(18)11-8-15-16(2)9-11/h8-9,12,14H,3-7,10H2,1-2H3.